The summed E-state index contributed by atoms with van der Waals surface area (Å²) in [6.45, 7) is 4.34. The Morgan fingerprint density at radius 3 is 3.00 bits per heavy atom. The van der Waals surface area contributed by atoms with Gasteiger partial charge in [0.05, 0.1) is 6.54 Å². The van der Waals surface area contributed by atoms with E-state index in [1.54, 1.807) is 0 Å². The number of nitrogens with zero attached hydrogens (tertiary/aromatic N) is 1. The van der Waals surface area contributed by atoms with Crippen molar-refractivity contribution >= 4 is 23.0 Å². The molecular formula is C19H24N4O3. The number of carbonyl (C=O) groups excluding carboxylic acids is 2. The number of urea groups is 1. The standard InChI is InChI=1S/C19H24N4O3/c1-13-9-15-10-14(3-4-16(15)22-13)11-20-17(24)23-7-2-5-19(6-8-23)12-21-18(25)26-19/h3-4,9-10,22H,2,5-8,11-12H2,1H3,(H,20,24)(H,21,25)/t19-/m0/s1. The molecule has 3 N–H and O–H groups in total. The number of fused-ring (bicyclic) bond motifs is 1. The first-order chi connectivity index (χ1) is 12.5. The van der Waals surface area contributed by atoms with Crippen molar-refractivity contribution in [3.05, 3.63) is 35.5 Å². The van der Waals surface area contributed by atoms with Gasteiger partial charge in [-0.15, -0.1) is 0 Å². The number of amides is 3. The van der Waals surface area contributed by atoms with Crippen LogP contribution in [0.1, 0.15) is 30.5 Å². The maximum atomic E-state index is 12.5. The van der Waals surface area contributed by atoms with E-state index in [1.807, 2.05) is 24.0 Å². The molecule has 2 saturated heterocycles. The first-order valence-corrected chi connectivity index (χ1v) is 9.11. The van der Waals surface area contributed by atoms with Gasteiger partial charge < -0.3 is 25.3 Å². The number of hydrogen-bond donors (Lipinski definition) is 3. The highest BCUT2D eigenvalue weighted by molar-refractivity contribution is 5.81. The van der Waals surface area contributed by atoms with Gasteiger partial charge in [-0.3, -0.25) is 0 Å². The number of H-pyrrole nitrogens is 1. The summed E-state index contributed by atoms with van der Waals surface area (Å²) in [5, 5.41) is 6.90. The highest BCUT2D eigenvalue weighted by Crippen LogP contribution is 2.29. The number of carbonyl (C=O) groups is 2. The van der Waals surface area contributed by atoms with E-state index in [2.05, 4.69) is 27.8 Å². The fraction of sp³-hybridized carbons (Fsp3) is 0.474. The van der Waals surface area contributed by atoms with Gasteiger partial charge in [0.1, 0.15) is 5.60 Å². The zero-order valence-electron chi connectivity index (χ0n) is 14.9. The van der Waals surface area contributed by atoms with Crippen LogP contribution >= 0.6 is 0 Å². The number of aromatic nitrogens is 1. The summed E-state index contributed by atoms with van der Waals surface area (Å²) in [6.07, 6.45) is 1.95. The Balaban J connectivity index is 1.34. The first kappa shape index (κ1) is 16.8. The van der Waals surface area contributed by atoms with Gasteiger partial charge in [-0.1, -0.05) is 6.07 Å². The van der Waals surface area contributed by atoms with Gasteiger partial charge in [-0.05, 0) is 48.9 Å². The van der Waals surface area contributed by atoms with Crippen molar-refractivity contribution in [3.63, 3.8) is 0 Å². The third-order valence-corrected chi connectivity index (χ3v) is 5.31. The molecule has 138 valence electrons. The lowest BCUT2D eigenvalue weighted by Gasteiger charge is -2.25. The highest BCUT2D eigenvalue weighted by atomic mass is 16.6. The molecule has 0 saturated carbocycles. The molecule has 1 spiro atoms. The van der Waals surface area contributed by atoms with Crippen LogP contribution in [0.4, 0.5) is 9.59 Å². The van der Waals surface area contributed by atoms with E-state index in [1.165, 1.54) is 0 Å². The van der Waals surface area contributed by atoms with Gasteiger partial charge in [-0.2, -0.15) is 0 Å². The Morgan fingerprint density at radius 1 is 1.31 bits per heavy atom. The lowest BCUT2D eigenvalue weighted by Crippen LogP contribution is -2.41. The van der Waals surface area contributed by atoms with Crippen LogP contribution in [0, 0.1) is 6.92 Å². The summed E-state index contributed by atoms with van der Waals surface area (Å²) < 4.78 is 5.46. The number of benzene rings is 1. The summed E-state index contributed by atoms with van der Waals surface area (Å²) in [5.41, 5.74) is 2.87. The molecule has 2 fully saturated rings. The van der Waals surface area contributed by atoms with E-state index in [4.69, 9.17) is 4.74 Å². The summed E-state index contributed by atoms with van der Waals surface area (Å²) >= 11 is 0. The van der Waals surface area contributed by atoms with E-state index in [9.17, 15) is 9.59 Å². The fourth-order valence-corrected chi connectivity index (χ4v) is 3.88. The third-order valence-electron chi connectivity index (χ3n) is 5.31. The molecule has 2 aliphatic rings. The van der Waals surface area contributed by atoms with Gasteiger partial charge >= 0.3 is 12.1 Å². The van der Waals surface area contributed by atoms with Crippen LogP contribution in [-0.4, -0.2) is 47.2 Å². The number of likely N-dealkylation sites (tertiary alicyclic amines) is 1. The number of ether oxygens (including phenoxy) is 1. The summed E-state index contributed by atoms with van der Waals surface area (Å²) in [5.74, 6) is 0. The van der Waals surface area contributed by atoms with E-state index in [-0.39, 0.29) is 12.1 Å². The summed E-state index contributed by atoms with van der Waals surface area (Å²) in [6, 6.07) is 8.21. The summed E-state index contributed by atoms with van der Waals surface area (Å²) in [7, 11) is 0. The SMILES string of the molecule is Cc1cc2cc(CNC(=O)N3CCC[C@]4(CC3)CNC(=O)O4)ccc2[nH]1. The maximum absolute atomic E-state index is 12.5. The van der Waals surface area contributed by atoms with Crippen LogP contribution in [0.25, 0.3) is 10.9 Å². The van der Waals surface area contributed by atoms with Crippen molar-refractivity contribution in [2.45, 2.75) is 38.3 Å². The predicted molar refractivity (Wildman–Crippen MR) is 97.9 cm³/mol. The number of aromatic amines is 1. The average molecular weight is 356 g/mol. The minimum absolute atomic E-state index is 0.0651. The molecular weight excluding hydrogens is 332 g/mol. The normalized spacial score (nSPS) is 23.0. The van der Waals surface area contributed by atoms with Crippen LogP contribution in [-0.2, 0) is 11.3 Å². The smallest absolute Gasteiger partial charge is 0.407 e. The fourth-order valence-electron chi connectivity index (χ4n) is 3.88. The van der Waals surface area contributed by atoms with Crippen molar-refractivity contribution in [2.75, 3.05) is 19.6 Å². The van der Waals surface area contributed by atoms with Crippen molar-refractivity contribution in [3.8, 4) is 0 Å². The lowest BCUT2D eigenvalue weighted by atomic mass is 9.95. The Kier molecular flexibility index (Phi) is 4.22. The van der Waals surface area contributed by atoms with E-state index in [0.29, 0.717) is 32.6 Å². The molecule has 1 aromatic carbocycles. The second-order valence-electron chi connectivity index (χ2n) is 7.30. The van der Waals surface area contributed by atoms with Crippen molar-refractivity contribution in [2.24, 2.45) is 0 Å². The van der Waals surface area contributed by atoms with E-state index >= 15 is 0 Å². The van der Waals surface area contributed by atoms with Gasteiger partial charge in [0.2, 0.25) is 0 Å². The van der Waals surface area contributed by atoms with Gasteiger partial charge in [0.15, 0.2) is 0 Å². The van der Waals surface area contributed by atoms with Crippen molar-refractivity contribution in [1.29, 1.82) is 0 Å². The number of rotatable bonds is 2. The number of alkyl carbamates (subject to hydrolysis) is 1. The maximum Gasteiger partial charge on any atom is 0.407 e. The van der Waals surface area contributed by atoms with Crippen LogP contribution in [0.3, 0.4) is 0 Å². The molecule has 0 bridgehead atoms. The van der Waals surface area contributed by atoms with Gasteiger partial charge in [0, 0.05) is 37.3 Å². The van der Waals surface area contributed by atoms with Crippen LogP contribution in [0.2, 0.25) is 0 Å². The summed E-state index contributed by atoms with van der Waals surface area (Å²) in [4.78, 5) is 29.0. The minimum atomic E-state index is -0.441. The molecule has 26 heavy (non-hydrogen) atoms. The zero-order chi connectivity index (χ0) is 18.1. The van der Waals surface area contributed by atoms with E-state index < -0.39 is 5.60 Å². The minimum Gasteiger partial charge on any atom is -0.441 e. The number of nitrogens with one attached hydrogen (secondary N) is 3. The second kappa shape index (κ2) is 6.55. The molecule has 2 aliphatic heterocycles. The van der Waals surface area contributed by atoms with Gasteiger partial charge in [-0.25, -0.2) is 9.59 Å². The van der Waals surface area contributed by atoms with Crippen LogP contribution < -0.4 is 10.6 Å². The number of hydrogen-bond acceptors (Lipinski definition) is 3. The molecule has 0 radical (unpaired) electrons. The molecule has 3 amide bonds. The molecule has 1 aromatic heterocycles. The molecule has 4 rings (SSSR count). The Hall–Kier alpha value is -2.70. The Labute approximate surface area is 152 Å². The largest absolute Gasteiger partial charge is 0.441 e. The van der Waals surface area contributed by atoms with Crippen molar-refractivity contribution in [1.82, 2.24) is 20.5 Å². The number of aryl methyl sites for hydroxylation is 1. The van der Waals surface area contributed by atoms with E-state index in [0.717, 1.165) is 35.0 Å². The molecule has 3 heterocycles. The first-order valence-electron chi connectivity index (χ1n) is 9.11. The Morgan fingerprint density at radius 2 is 2.19 bits per heavy atom. The predicted octanol–water partition coefficient (Wildman–Crippen LogP) is 2.65. The quantitative estimate of drug-likeness (QED) is 0.773. The molecule has 0 unspecified atom stereocenters. The molecule has 2 aromatic rings. The van der Waals surface area contributed by atoms with Crippen LogP contribution in [0.5, 0.6) is 0 Å². The molecule has 7 heteroatoms. The third kappa shape index (κ3) is 3.34. The Bertz CT molecular complexity index is 846. The molecule has 0 aliphatic carbocycles. The van der Waals surface area contributed by atoms with Crippen molar-refractivity contribution < 1.29 is 14.3 Å². The molecule has 7 nitrogen and oxygen atoms in total. The zero-order valence-corrected chi connectivity index (χ0v) is 14.9. The second-order valence-corrected chi connectivity index (χ2v) is 7.30. The topological polar surface area (TPSA) is 86.5 Å². The van der Waals surface area contributed by atoms with Gasteiger partial charge in [0.25, 0.3) is 0 Å². The highest BCUT2D eigenvalue weighted by Gasteiger charge is 2.41. The monoisotopic (exact) mass is 356 g/mol. The average Bonchev–Trinajstić information content (AvgIpc) is 3.09. The lowest BCUT2D eigenvalue weighted by molar-refractivity contribution is 0.0453. The van der Waals surface area contributed by atoms with Crippen LogP contribution in [0.15, 0.2) is 24.3 Å². The molecule has 1 atom stereocenters.